The molecule has 3 nitrogen and oxygen atoms in total. The maximum absolute atomic E-state index is 4.17. The number of benzene rings is 1. The fourth-order valence-electron chi connectivity index (χ4n) is 1.42. The Bertz CT molecular complexity index is 532. The molecule has 12 heavy (non-hydrogen) atoms. The van der Waals surface area contributed by atoms with Crippen molar-refractivity contribution in [3.8, 4) is 0 Å². The number of hydrogen-bond donors (Lipinski definition) is 1. The fourth-order valence-corrected chi connectivity index (χ4v) is 1.42. The molecule has 0 fully saturated rings. The third-order valence-electron chi connectivity index (χ3n) is 1.96. The summed E-state index contributed by atoms with van der Waals surface area (Å²) in [5, 5.41) is 4.17. The highest BCUT2D eigenvalue weighted by Crippen LogP contribution is 2.13. The number of aromatic nitrogens is 3. The fraction of sp³-hybridized carbons (Fsp3) is 0. The number of fused-ring (bicyclic) bond motifs is 3. The maximum atomic E-state index is 4.17. The van der Waals surface area contributed by atoms with E-state index >= 15 is 0 Å². The molecule has 1 N–H and O–H groups in total. The molecule has 0 aliphatic heterocycles. The van der Waals surface area contributed by atoms with Gasteiger partial charge in [-0.1, -0.05) is 12.1 Å². The van der Waals surface area contributed by atoms with Crippen molar-refractivity contribution < 1.29 is 0 Å². The summed E-state index contributed by atoms with van der Waals surface area (Å²) in [5.41, 5.74) is 3.07. The molecule has 0 saturated carbocycles. The molecule has 0 unspecified atom stereocenters. The van der Waals surface area contributed by atoms with Gasteiger partial charge in [-0.15, -0.1) is 0 Å². The van der Waals surface area contributed by atoms with Crippen molar-refractivity contribution in [3.05, 3.63) is 36.5 Å². The van der Waals surface area contributed by atoms with Crippen molar-refractivity contribution in [3.63, 3.8) is 0 Å². The molecule has 0 atom stereocenters. The molecule has 2 heterocycles. The molecule has 2 aromatic heterocycles. The third kappa shape index (κ3) is 0.580. The van der Waals surface area contributed by atoms with Crippen LogP contribution in [0.15, 0.2) is 30.5 Å². The average Bonchev–Trinajstić information content (AvgIpc) is 2.62. The zero-order chi connectivity index (χ0) is 7.97. The summed E-state index contributed by atoms with van der Waals surface area (Å²) >= 11 is 0. The van der Waals surface area contributed by atoms with E-state index in [0.717, 1.165) is 16.7 Å². The van der Waals surface area contributed by atoms with E-state index in [0.29, 0.717) is 0 Å². The molecule has 0 saturated heterocycles. The Morgan fingerprint density at radius 3 is 3.42 bits per heavy atom. The average molecular weight is 156 g/mol. The molecule has 3 aromatic rings. The second-order valence-corrected chi connectivity index (χ2v) is 2.68. The van der Waals surface area contributed by atoms with E-state index in [4.69, 9.17) is 0 Å². The lowest BCUT2D eigenvalue weighted by molar-refractivity contribution is 1.01. The first-order valence-corrected chi connectivity index (χ1v) is 3.77. The molecule has 0 aliphatic rings. The van der Waals surface area contributed by atoms with Crippen LogP contribution in [-0.2, 0) is 0 Å². The molecule has 0 spiro atoms. The molecule has 1 aromatic carbocycles. The summed E-state index contributed by atoms with van der Waals surface area (Å²) in [6.07, 6.45) is 1.78. The second kappa shape index (κ2) is 1.88. The Labute approximate surface area is 68.6 Å². The Balaban J connectivity index is 2.68. The summed E-state index contributed by atoms with van der Waals surface area (Å²) < 4.78 is 1.87. The van der Waals surface area contributed by atoms with Gasteiger partial charge in [-0.2, -0.15) is 5.10 Å². The highest BCUT2D eigenvalue weighted by atomic mass is 15.3. The highest BCUT2D eigenvalue weighted by molar-refractivity contribution is 5.79. The highest BCUT2D eigenvalue weighted by Gasteiger charge is 2.01. The molecule has 1 radical (unpaired) electrons. The Morgan fingerprint density at radius 2 is 2.42 bits per heavy atom. The summed E-state index contributed by atoms with van der Waals surface area (Å²) in [6, 6.07) is 10.9. The quantitative estimate of drug-likeness (QED) is 0.527. The van der Waals surface area contributed by atoms with Crippen molar-refractivity contribution >= 4 is 16.7 Å². The lowest BCUT2D eigenvalue weighted by Crippen LogP contribution is -1.80. The number of rotatable bonds is 0. The van der Waals surface area contributed by atoms with Gasteiger partial charge in [-0.3, -0.25) is 0 Å². The molecule has 57 valence electrons. The predicted molar refractivity (Wildman–Crippen MR) is 45.9 cm³/mol. The molecular weight excluding hydrogens is 150 g/mol. The van der Waals surface area contributed by atoms with E-state index in [9.17, 15) is 0 Å². The Kier molecular flexibility index (Phi) is 0.913. The van der Waals surface area contributed by atoms with Crippen LogP contribution in [0, 0.1) is 6.07 Å². The van der Waals surface area contributed by atoms with Crippen LogP contribution in [-0.4, -0.2) is 14.6 Å². The molecule has 0 aliphatic carbocycles. The SMILES string of the molecule is [c]1cccc2c1[nH]c1ccnn12. The van der Waals surface area contributed by atoms with Crippen LogP contribution >= 0.6 is 0 Å². The van der Waals surface area contributed by atoms with Crippen LogP contribution in [0.1, 0.15) is 0 Å². The zero-order valence-electron chi connectivity index (χ0n) is 6.28. The lowest BCUT2D eigenvalue weighted by Gasteiger charge is -1.85. The van der Waals surface area contributed by atoms with Crippen LogP contribution in [0.25, 0.3) is 16.7 Å². The number of H-pyrrole nitrogens is 1. The topological polar surface area (TPSA) is 33.1 Å². The van der Waals surface area contributed by atoms with Crippen molar-refractivity contribution in [2.45, 2.75) is 0 Å². The van der Waals surface area contributed by atoms with E-state index in [1.54, 1.807) is 6.20 Å². The van der Waals surface area contributed by atoms with E-state index in [1.165, 1.54) is 0 Å². The van der Waals surface area contributed by atoms with E-state index in [-0.39, 0.29) is 0 Å². The molecule has 3 heteroatoms. The van der Waals surface area contributed by atoms with Crippen LogP contribution in [0.4, 0.5) is 0 Å². The molecular formula is C9H6N3. The number of aromatic amines is 1. The van der Waals surface area contributed by atoms with E-state index < -0.39 is 0 Å². The first-order chi connectivity index (χ1) is 5.95. The summed E-state index contributed by atoms with van der Waals surface area (Å²) in [7, 11) is 0. The summed E-state index contributed by atoms with van der Waals surface area (Å²) in [5.74, 6) is 0. The van der Waals surface area contributed by atoms with Gasteiger partial charge in [0, 0.05) is 12.1 Å². The standard InChI is InChI=1S/C9H6N3/c1-2-4-8-7(3-1)11-9-5-6-10-12(8)9/h1-2,4-6,11H. The van der Waals surface area contributed by atoms with E-state index in [1.807, 2.05) is 28.8 Å². The number of hydrogen-bond acceptors (Lipinski definition) is 1. The van der Waals surface area contributed by atoms with E-state index in [2.05, 4.69) is 16.1 Å². The first kappa shape index (κ1) is 5.83. The molecule has 0 bridgehead atoms. The van der Waals surface area contributed by atoms with Crippen LogP contribution in [0.2, 0.25) is 0 Å². The minimum atomic E-state index is 1.00. The van der Waals surface area contributed by atoms with Gasteiger partial charge in [-0.25, -0.2) is 4.52 Å². The van der Waals surface area contributed by atoms with Gasteiger partial charge in [0.1, 0.15) is 5.65 Å². The number of nitrogens with one attached hydrogen (secondary N) is 1. The van der Waals surface area contributed by atoms with Crippen molar-refractivity contribution in [2.24, 2.45) is 0 Å². The van der Waals surface area contributed by atoms with Crippen LogP contribution in [0.5, 0.6) is 0 Å². The normalized spacial score (nSPS) is 11.3. The lowest BCUT2D eigenvalue weighted by atomic mass is 10.3. The number of imidazole rings is 1. The van der Waals surface area contributed by atoms with Gasteiger partial charge in [0.25, 0.3) is 0 Å². The number of nitrogens with zero attached hydrogens (tertiary/aromatic N) is 2. The maximum Gasteiger partial charge on any atom is 0.134 e. The largest absolute Gasteiger partial charge is 0.338 e. The third-order valence-corrected chi connectivity index (χ3v) is 1.96. The monoisotopic (exact) mass is 156 g/mol. The smallest absolute Gasteiger partial charge is 0.134 e. The zero-order valence-corrected chi connectivity index (χ0v) is 6.28. The van der Waals surface area contributed by atoms with Crippen LogP contribution in [0.3, 0.4) is 0 Å². The summed E-state index contributed by atoms with van der Waals surface area (Å²) in [6.45, 7) is 0. The Hall–Kier alpha value is -1.77. The molecule has 0 amide bonds. The minimum absolute atomic E-state index is 1.00. The first-order valence-electron chi connectivity index (χ1n) is 3.77. The number of para-hydroxylation sites is 1. The van der Waals surface area contributed by atoms with Crippen molar-refractivity contribution in [1.82, 2.24) is 14.6 Å². The minimum Gasteiger partial charge on any atom is -0.338 e. The predicted octanol–water partition coefficient (Wildman–Crippen LogP) is 1.62. The van der Waals surface area contributed by atoms with Gasteiger partial charge in [0.05, 0.1) is 17.2 Å². The second-order valence-electron chi connectivity index (χ2n) is 2.68. The van der Waals surface area contributed by atoms with Gasteiger partial charge >= 0.3 is 0 Å². The Morgan fingerprint density at radius 1 is 1.42 bits per heavy atom. The van der Waals surface area contributed by atoms with Crippen LogP contribution < -0.4 is 0 Å². The van der Waals surface area contributed by atoms with Crippen molar-refractivity contribution in [2.75, 3.05) is 0 Å². The molecule has 3 rings (SSSR count). The summed E-state index contributed by atoms with van der Waals surface area (Å²) in [4.78, 5) is 3.20. The van der Waals surface area contributed by atoms with Gasteiger partial charge < -0.3 is 4.98 Å². The van der Waals surface area contributed by atoms with Crippen molar-refractivity contribution in [1.29, 1.82) is 0 Å². The van der Waals surface area contributed by atoms with Gasteiger partial charge in [0.15, 0.2) is 0 Å². The van der Waals surface area contributed by atoms with Gasteiger partial charge in [-0.05, 0) is 6.07 Å². The van der Waals surface area contributed by atoms with Gasteiger partial charge in [0.2, 0.25) is 0 Å².